The third-order valence-electron chi connectivity index (χ3n) is 1.72. The Bertz CT molecular complexity index is 460. The van der Waals surface area contributed by atoms with E-state index in [2.05, 4.69) is 20.9 Å². The van der Waals surface area contributed by atoms with Crippen LogP contribution in [0.5, 0.6) is 0 Å². The van der Waals surface area contributed by atoms with Crippen LogP contribution >= 0.6 is 0 Å². The summed E-state index contributed by atoms with van der Waals surface area (Å²) in [5.41, 5.74) is -0.301. The number of aromatic nitrogens is 3. The number of hydrogen-bond donors (Lipinski definition) is 2. The van der Waals surface area contributed by atoms with E-state index < -0.39 is 17.5 Å². The van der Waals surface area contributed by atoms with Gasteiger partial charge < -0.3 is 5.32 Å². The van der Waals surface area contributed by atoms with Crippen molar-refractivity contribution in [3.8, 4) is 0 Å². The third kappa shape index (κ3) is 4.73. The SMILES string of the molecule is CC(C)(C)NC(=O)NC(=O)Cn1cc(C=O)nn1. The van der Waals surface area contributed by atoms with Crippen LogP contribution in [-0.4, -0.2) is 38.8 Å². The zero-order chi connectivity index (χ0) is 13.8. The second kappa shape index (κ2) is 5.39. The summed E-state index contributed by atoms with van der Waals surface area (Å²) in [6, 6.07) is -0.580. The number of hydrogen-bond acceptors (Lipinski definition) is 5. The molecule has 2 N–H and O–H groups in total. The predicted octanol–water partition coefficient (Wildman–Crippen LogP) is -0.285. The maximum absolute atomic E-state index is 11.5. The molecule has 1 aromatic heterocycles. The lowest BCUT2D eigenvalue weighted by Crippen LogP contribution is -2.48. The van der Waals surface area contributed by atoms with E-state index in [-0.39, 0.29) is 12.2 Å². The number of nitrogens with zero attached hydrogens (tertiary/aromatic N) is 3. The molecule has 0 saturated carbocycles. The van der Waals surface area contributed by atoms with E-state index in [1.165, 1.54) is 10.9 Å². The summed E-state index contributed by atoms with van der Waals surface area (Å²) in [5, 5.41) is 11.8. The molecule has 0 aliphatic heterocycles. The quantitative estimate of drug-likeness (QED) is 0.720. The van der Waals surface area contributed by atoms with Crippen LogP contribution in [-0.2, 0) is 11.3 Å². The molecule has 8 nitrogen and oxygen atoms in total. The highest BCUT2D eigenvalue weighted by molar-refractivity contribution is 5.94. The van der Waals surface area contributed by atoms with E-state index in [4.69, 9.17) is 0 Å². The molecule has 3 amide bonds. The summed E-state index contributed by atoms with van der Waals surface area (Å²) in [6.07, 6.45) is 1.84. The average molecular weight is 253 g/mol. The Balaban J connectivity index is 2.46. The lowest BCUT2D eigenvalue weighted by Gasteiger charge is -2.20. The van der Waals surface area contributed by atoms with Gasteiger partial charge in [0, 0.05) is 5.54 Å². The van der Waals surface area contributed by atoms with Gasteiger partial charge in [-0.15, -0.1) is 5.10 Å². The molecule has 0 radical (unpaired) electrons. The van der Waals surface area contributed by atoms with Gasteiger partial charge in [0.15, 0.2) is 6.29 Å². The Morgan fingerprint density at radius 3 is 2.61 bits per heavy atom. The van der Waals surface area contributed by atoms with Crippen LogP contribution in [0.2, 0.25) is 0 Å². The van der Waals surface area contributed by atoms with Crippen LogP contribution in [0.3, 0.4) is 0 Å². The minimum absolute atomic E-state index is 0.127. The van der Waals surface area contributed by atoms with E-state index in [9.17, 15) is 14.4 Å². The summed E-state index contributed by atoms with van der Waals surface area (Å²) in [6.45, 7) is 5.21. The summed E-state index contributed by atoms with van der Waals surface area (Å²) in [5.74, 6) is -0.543. The molecule has 0 aliphatic rings. The number of amides is 3. The summed E-state index contributed by atoms with van der Waals surface area (Å²) in [7, 11) is 0. The number of nitrogens with one attached hydrogen (secondary N) is 2. The molecule has 0 aromatic carbocycles. The summed E-state index contributed by atoms with van der Waals surface area (Å²) >= 11 is 0. The monoisotopic (exact) mass is 253 g/mol. The van der Waals surface area contributed by atoms with E-state index in [1.807, 2.05) is 0 Å². The van der Waals surface area contributed by atoms with Gasteiger partial charge in [0.2, 0.25) is 5.91 Å². The molecule has 0 aliphatic carbocycles. The van der Waals surface area contributed by atoms with Crippen molar-refractivity contribution in [1.29, 1.82) is 0 Å². The first-order valence-electron chi connectivity index (χ1n) is 5.27. The molecule has 1 aromatic rings. The van der Waals surface area contributed by atoms with Crippen LogP contribution in [0.25, 0.3) is 0 Å². The maximum atomic E-state index is 11.5. The van der Waals surface area contributed by atoms with E-state index in [1.54, 1.807) is 20.8 Å². The summed E-state index contributed by atoms with van der Waals surface area (Å²) in [4.78, 5) is 33.2. The highest BCUT2D eigenvalue weighted by atomic mass is 16.2. The van der Waals surface area contributed by atoms with Crippen LogP contribution in [0.4, 0.5) is 4.79 Å². The zero-order valence-electron chi connectivity index (χ0n) is 10.4. The molecule has 0 atom stereocenters. The Morgan fingerprint density at radius 2 is 2.11 bits per heavy atom. The largest absolute Gasteiger partial charge is 0.333 e. The molecule has 0 spiro atoms. The van der Waals surface area contributed by atoms with Crippen molar-refractivity contribution < 1.29 is 14.4 Å². The predicted molar refractivity (Wildman–Crippen MR) is 61.8 cm³/mol. The lowest BCUT2D eigenvalue weighted by atomic mass is 10.1. The molecule has 0 unspecified atom stereocenters. The number of carbonyl (C=O) groups excluding carboxylic acids is 3. The van der Waals surface area contributed by atoms with Gasteiger partial charge in [-0.1, -0.05) is 5.21 Å². The van der Waals surface area contributed by atoms with E-state index >= 15 is 0 Å². The molecule has 1 rings (SSSR count). The normalized spacial score (nSPS) is 10.8. The standard InChI is InChI=1S/C10H15N5O3/c1-10(2,3)12-9(18)11-8(17)5-15-4-7(6-16)13-14-15/h4,6H,5H2,1-3H3,(H2,11,12,17,18). The van der Waals surface area contributed by atoms with Crippen LogP contribution in [0.1, 0.15) is 31.3 Å². The van der Waals surface area contributed by atoms with Crippen molar-refractivity contribution in [3.05, 3.63) is 11.9 Å². The third-order valence-corrected chi connectivity index (χ3v) is 1.72. The van der Waals surface area contributed by atoms with Gasteiger partial charge in [0.05, 0.1) is 6.20 Å². The van der Waals surface area contributed by atoms with Gasteiger partial charge in [-0.25, -0.2) is 9.48 Å². The first-order chi connectivity index (χ1) is 8.30. The molecular weight excluding hydrogens is 238 g/mol. The molecule has 0 bridgehead atoms. The fraction of sp³-hybridized carbons (Fsp3) is 0.500. The van der Waals surface area contributed by atoms with E-state index in [0.29, 0.717) is 6.29 Å². The first kappa shape index (κ1) is 13.8. The van der Waals surface area contributed by atoms with E-state index in [0.717, 1.165) is 0 Å². The molecule has 1 heterocycles. The highest BCUT2D eigenvalue weighted by Crippen LogP contribution is 1.97. The minimum atomic E-state index is -0.580. The molecule has 0 fully saturated rings. The lowest BCUT2D eigenvalue weighted by molar-refractivity contribution is -0.120. The minimum Gasteiger partial charge on any atom is -0.333 e. The van der Waals surface area contributed by atoms with Crippen molar-refractivity contribution in [1.82, 2.24) is 25.6 Å². The Hall–Kier alpha value is -2.25. The average Bonchev–Trinajstić information content (AvgIpc) is 2.61. The smallest absolute Gasteiger partial charge is 0.321 e. The number of rotatable bonds is 3. The van der Waals surface area contributed by atoms with Crippen molar-refractivity contribution in [2.75, 3.05) is 0 Å². The van der Waals surface area contributed by atoms with Crippen LogP contribution < -0.4 is 10.6 Å². The van der Waals surface area contributed by atoms with Crippen LogP contribution in [0.15, 0.2) is 6.20 Å². The van der Waals surface area contributed by atoms with Crippen molar-refractivity contribution in [2.24, 2.45) is 0 Å². The van der Waals surface area contributed by atoms with Crippen molar-refractivity contribution >= 4 is 18.2 Å². The Kier molecular flexibility index (Phi) is 4.13. The highest BCUT2D eigenvalue weighted by Gasteiger charge is 2.16. The second-order valence-corrected chi connectivity index (χ2v) is 4.71. The number of urea groups is 1. The molecular formula is C10H15N5O3. The van der Waals surface area contributed by atoms with Crippen molar-refractivity contribution in [3.63, 3.8) is 0 Å². The number of imide groups is 1. The van der Waals surface area contributed by atoms with Gasteiger partial charge in [0.25, 0.3) is 0 Å². The van der Waals surface area contributed by atoms with Gasteiger partial charge in [-0.2, -0.15) is 0 Å². The fourth-order valence-corrected chi connectivity index (χ4v) is 1.13. The molecule has 8 heteroatoms. The zero-order valence-corrected chi connectivity index (χ0v) is 10.4. The van der Waals surface area contributed by atoms with Gasteiger partial charge in [-0.3, -0.25) is 14.9 Å². The topological polar surface area (TPSA) is 106 Å². The van der Waals surface area contributed by atoms with Gasteiger partial charge in [0.1, 0.15) is 12.2 Å². The Morgan fingerprint density at radius 1 is 1.44 bits per heavy atom. The Labute approximate surface area is 104 Å². The molecule has 0 saturated heterocycles. The number of carbonyl (C=O) groups is 3. The van der Waals surface area contributed by atoms with Gasteiger partial charge in [-0.05, 0) is 20.8 Å². The molecule has 98 valence electrons. The van der Waals surface area contributed by atoms with Gasteiger partial charge >= 0.3 is 6.03 Å². The van der Waals surface area contributed by atoms with Crippen LogP contribution in [0, 0.1) is 0 Å². The molecule has 18 heavy (non-hydrogen) atoms. The summed E-state index contributed by atoms with van der Waals surface area (Å²) < 4.78 is 1.17. The number of aldehydes is 1. The second-order valence-electron chi connectivity index (χ2n) is 4.71. The maximum Gasteiger partial charge on any atom is 0.321 e. The first-order valence-corrected chi connectivity index (χ1v) is 5.27. The fourth-order valence-electron chi connectivity index (χ4n) is 1.13. The van der Waals surface area contributed by atoms with Crippen molar-refractivity contribution in [2.45, 2.75) is 32.9 Å².